The number of carboxylic acid groups (broad SMARTS) is 3. The maximum absolute atomic E-state index is 13.5. The second kappa shape index (κ2) is 44.0. The average molecular weight is 1560 g/mol. The molecule has 0 amide bonds. The van der Waals surface area contributed by atoms with Crippen LogP contribution in [-0.4, -0.2) is 230 Å². The zero-order chi connectivity index (χ0) is 78.2. The fourth-order valence-corrected chi connectivity index (χ4v) is 10.3. The van der Waals surface area contributed by atoms with E-state index in [1.54, 1.807) is 0 Å². The Morgan fingerprint density at radius 3 is 0.867 bits per heavy atom. The van der Waals surface area contributed by atoms with Gasteiger partial charge in [0.1, 0.15) is 17.5 Å². The van der Waals surface area contributed by atoms with E-state index in [-0.39, 0.29) is 100 Å². The van der Waals surface area contributed by atoms with Crippen LogP contribution in [0.25, 0.3) is 52.0 Å². The van der Waals surface area contributed by atoms with Crippen molar-refractivity contribution in [1.29, 1.82) is 0 Å². The topological polar surface area (TPSA) is 454 Å². The first-order valence-corrected chi connectivity index (χ1v) is 37.6. The van der Waals surface area contributed by atoms with Crippen molar-refractivity contribution in [3.05, 3.63) is 142 Å². The molecule has 6 atom stereocenters. The molecule has 574 valence electrons. The minimum absolute atomic E-state index is 0. The van der Waals surface area contributed by atoms with Crippen molar-refractivity contribution in [2.45, 2.75) is 155 Å². The Morgan fingerprint density at radius 2 is 0.686 bits per heavy atom. The molecule has 3 aromatic carbocycles. The summed E-state index contributed by atoms with van der Waals surface area (Å²) in [5.41, 5.74) is 10.4. The molecule has 6 rings (SSSR count). The monoisotopic (exact) mass is 1560 g/mol. The zero-order valence-electron chi connectivity index (χ0n) is 60.0. The molecule has 0 aliphatic heterocycles. The molecule has 0 fully saturated rings. The number of carbonyl (C=O) groups is 3. The van der Waals surface area contributed by atoms with Crippen molar-refractivity contribution in [3.63, 3.8) is 0 Å². The molecular formula is C70H95CaF3N10O18S3. The smallest absolute Gasteiger partial charge is 0.550 e. The van der Waals surface area contributed by atoms with Crippen LogP contribution in [0.5, 0.6) is 0 Å². The van der Waals surface area contributed by atoms with Crippen molar-refractivity contribution >= 4 is 122 Å². The van der Waals surface area contributed by atoms with Crippen molar-refractivity contribution in [1.82, 2.24) is 29.9 Å². The zero-order valence-corrected chi connectivity index (χ0v) is 64.7. The third-order valence-electron chi connectivity index (χ3n) is 14.7. The number of halogens is 3. The molecule has 35 heteroatoms. The Labute approximate surface area is 642 Å². The summed E-state index contributed by atoms with van der Waals surface area (Å²) in [5.74, 6) is -6.15. The Bertz CT molecular complexity index is 3830. The number of aliphatic hydroxyl groups is 6. The summed E-state index contributed by atoms with van der Waals surface area (Å²) in [6.07, 6.45) is 3.11. The number of rotatable bonds is 31. The fourth-order valence-electron chi connectivity index (χ4n) is 9.12. The van der Waals surface area contributed by atoms with Gasteiger partial charge in [-0.15, -0.1) is 0 Å². The van der Waals surface area contributed by atoms with E-state index in [1.807, 2.05) is 41.5 Å². The van der Waals surface area contributed by atoms with E-state index >= 15 is 0 Å². The van der Waals surface area contributed by atoms with Crippen molar-refractivity contribution < 1.29 is 98.8 Å². The first kappa shape index (κ1) is 95.6. The Balaban J connectivity index is 0.000000759. The molecule has 0 radical (unpaired) electrons. The fraction of sp³-hybridized carbons (Fsp3) is 0.443. The van der Waals surface area contributed by atoms with Gasteiger partial charge in [0.2, 0.25) is 47.9 Å². The molecule has 9 N–H and O–H groups in total. The van der Waals surface area contributed by atoms with Gasteiger partial charge in [-0.3, -0.25) is 4.79 Å². The molecule has 3 aromatic heterocycles. The first-order valence-electron chi connectivity index (χ1n) is 32.1. The van der Waals surface area contributed by atoms with E-state index in [4.69, 9.17) is 10.8 Å². The molecule has 28 nitrogen and oxygen atoms in total. The summed E-state index contributed by atoms with van der Waals surface area (Å²) in [7, 11) is -7.00. The van der Waals surface area contributed by atoms with Gasteiger partial charge in [0, 0.05) is 98.6 Å². The molecule has 0 saturated heterocycles. The van der Waals surface area contributed by atoms with Crippen LogP contribution >= 0.6 is 0 Å². The number of benzene rings is 3. The van der Waals surface area contributed by atoms with E-state index in [0.717, 1.165) is 44.6 Å². The summed E-state index contributed by atoms with van der Waals surface area (Å²) in [4.78, 5) is 58.4. The molecule has 0 aliphatic carbocycles. The predicted octanol–water partition coefficient (Wildman–Crippen LogP) is 5.15. The SMILES string of the molecule is C.CC(C)c1nc(N(C)S(C)(=O)=O)nc(-c2ccc(F)cc2)c1/C=C/[C@@H](O)C[C@@H](O)CC(=O)O.CC(C)c1nc(N(C)S(C)(=O)=O)nc(-c2ccc(F)cc2)c1/C=C/[C@@H](O)C[C@@H](O)CC(=O)[O-].CC(C)c1nc(N(C)S(C)(=O)=O)nc(-c2ccc(F)cc2)c1/C=C/[C@@H](O)C[C@@H](O)CC(=O)[O-].CCCN.[Ca+2]. The van der Waals surface area contributed by atoms with Crippen LogP contribution in [0.1, 0.15) is 152 Å². The van der Waals surface area contributed by atoms with Crippen LogP contribution in [-0.2, 0) is 44.5 Å². The van der Waals surface area contributed by atoms with Crippen molar-refractivity contribution in [3.8, 4) is 33.8 Å². The number of hydrogen-bond acceptors (Lipinski definition) is 24. The predicted molar refractivity (Wildman–Crippen MR) is 395 cm³/mol. The van der Waals surface area contributed by atoms with Gasteiger partial charge in [-0.1, -0.05) is 92.3 Å². The molecule has 105 heavy (non-hydrogen) atoms. The van der Waals surface area contributed by atoms with Crippen LogP contribution in [0.3, 0.4) is 0 Å². The van der Waals surface area contributed by atoms with Crippen molar-refractivity contribution in [2.75, 3.05) is 59.4 Å². The number of aromatic nitrogens is 6. The van der Waals surface area contributed by atoms with Crippen LogP contribution < -0.4 is 28.9 Å². The van der Waals surface area contributed by atoms with Gasteiger partial charge >= 0.3 is 43.7 Å². The summed E-state index contributed by atoms with van der Waals surface area (Å²) >= 11 is 0. The van der Waals surface area contributed by atoms with Gasteiger partial charge < -0.3 is 61.3 Å². The number of hydrogen-bond donors (Lipinski definition) is 8. The van der Waals surface area contributed by atoms with E-state index in [2.05, 4.69) is 36.8 Å². The number of nitrogens with zero attached hydrogens (tertiary/aromatic N) is 9. The second-order valence-corrected chi connectivity index (χ2v) is 30.7. The third-order valence-corrected chi connectivity index (χ3v) is 18.2. The van der Waals surface area contributed by atoms with Gasteiger partial charge in [-0.05, 0) is 104 Å². The van der Waals surface area contributed by atoms with Crippen LogP contribution in [0.2, 0.25) is 0 Å². The third kappa shape index (κ3) is 31.9. The number of aliphatic hydroxyl groups excluding tert-OH is 6. The van der Waals surface area contributed by atoms with Crippen molar-refractivity contribution in [2.24, 2.45) is 5.73 Å². The quantitative estimate of drug-likeness (QED) is 0.0261. The Kier molecular flexibility index (Phi) is 40.0. The molecule has 0 aliphatic rings. The van der Waals surface area contributed by atoms with Gasteiger partial charge in [-0.25, -0.2) is 81.2 Å². The second-order valence-electron chi connectivity index (χ2n) is 24.7. The number of aliphatic carboxylic acids is 3. The molecule has 0 spiro atoms. The number of carbonyl (C=O) groups excluding carboxylic acids is 2. The summed E-state index contributed by atoms with van der Waals surface area (Å²) in [6, 6.07) is 16.4. The Morgan fingerprint density at radius 1 is 0.467 bits per heavy atom. The molecule has 3 heterocycles. The van der Waals surface area contributed by atoms with E-state index in [1.165, 1.54) is 130 Å². The standard InChI is InChI=1S/3C22H28FN3O6S.C3H9N.CH4.Ca/c3*1-13(2)20-18(10-9-16(27)11-17(28)12-19(29)30)21(14-5-7-15(23)8-6-14)25-22(24-20)26(3)33(4,31)32;1-2-3-4;;/h3*5-10,13,16-17,27-28H,11-12H2,1-4H3,(H,29,30);2-4H2,1H3;1H4;/q;;;;;+2/p-2/b3*10-9+;;;/t3*16-,17-;;;/m111.../s1. The first-order chi connectivity index (χ1) is 47.8. The summed E-state index contributed by atoms with van der Waals surface area (Å²) in [6.45, 7) is 14.0. The van der Waals surface area contributed by atoms with Crippen LogP contribution in [0.4, 0.5) is 31.0 Å². The number of nitrogens with two attached hydrogens (primary N) is 1. The largest absolute Gasteiger partial charge is 2.00 e. The number of carboxylic acids is 3. The minimum Gasteiger partial charge on any atom is -0.550 e. The van der Waals surface area contributed by atoms with Gasteiger partial charge in [0.25, 0.3) is 0 Å². The van der Waals surface area contributed by atoms with Crippen LogP contribution in [0.15, 0.2) is 91.0 Å². The van der Waals surface area contributed by atoms with Gasteiger partial charge in [0.15, 0.2) is 0 Å². The molecular weight excluding hydrogens is 1460 g/mol. The summed E-state index contributed by atoms with van der Waals surface area (Å²) in [5, 5.41) is 89.9. The minimum atomic E-state index is -3.66. The van der Waals surface area contributed by atoms with Gasteiger partial charge in [0.05, 0.1) is 96.0 Å². The van der Waals surface area contributed by atoms with E-state index in [9.17, 15) is 93.7 Å². The van der Waals surface area contributed by atoms with E-state index < -0.39 is 121 Å². The number of sulfonamides is 3. The average Bonchev–Trinajstić information content (AvgIpc) is 0.794. The van der Waals surface area contributed by atoms with E-state index in [0.29, 0.717) is 67.5 Å². The normalized spacial score (nSPS) is 13.4. The maximum Gasteiger partial charge on any atom is 2.00 e. The number of anilines is 3. The van der Waals surface area contributed by atoms with Gasteiger partial charge in [-0.2, -0.15) is 0 Å². The maximum atomic E-state index is 13.5. The molecule has 0 saturated carbocycles. The summed E-state index contributed by atoms with van der Waals surface area (Å²) < 4.78 is 116. The van der Waals surface area contributed by atoms with Crippen LogP contribution in [0, 0.1) is 17.5 Å². The Hall–Kier alpha value is -7.45. The molecule has 6 aromatic rings. The molecule has 0 unspecified atom stereocenters. The molecule has 0 bridgehead atoms.